The Bertz CT molecular complexity index is 777. The second kappa shape index (κ2) is 6.81. The van der Waals surface area contributed by atoms with E-state index in [0.717, 1.165) is 37.8 Å². The number of sulfonamides is 1. The van der Waals surface area contributed by atoms with Crippen molar-refractivity contribution in [2.45, 2.75) is 49.1 Å². The molecule has 3 fully saturated rings. The van der Waals surface area contributed by atoms with E-state index in [1.807, 2.05) is 9.80 Å². The summed E-state index contributed by atoms with van der Waals surface area (Å²) in [6.07, 6.45) is 5.64. The van der Waals surface area contributed by atoms with Crippen molar-refractivity contribution in [1.29, 1.82) is 0 Å². The molecule has 0 bridgehead atoms. The summed E-state index contributed by atoms with van der Waals surface area (Å²) >= 11 is 0. The van der Waals surface area contributed by atoms with Crippen molar-refractivity contribution in [3.63, 3.8) is 0 Å². The number of benzene rings is 1. The van der Waals surface area contributed by atoms with Crippen LogP contribution in [0.2, 0.25) is 0 Å². The Morgan fingerprint density at radius 2 is 1.58 bits per heavy atom. The van der Waals surface area contributed by atoms with Crippen molar-refractivity contribution in [3.05, 3.63) is 30.1 Å². The van der Waals surface area contributed by atoms with Crippen LogP contribution in [0.4, 0.5) is 9.18 Å². The quantitative estimate of drug-likeness (QED) is 0.807. The van der Waals surface area contributed by atoms with Gasteiger partial charge in [-0.25, -0.2) is 17.6 Å². The van der Waals surface area contributed by atoms with Gasteiger partial charge in [0.2, 0.25) is 10.0 Å². The van der Waals surface area contributed by atoms with Crippen LogP contribution in [0.25, 0.3) is 0 Å². The zero-order chi connectivity index (χ0) is 18.3. The first-order valence-corrected chi connectivity index (χ1v) is 10.7. The van der Waals surface area contributed by atoms with Crippen LogP contribution >= 0.6 is 0 Å². The van der Waals surface area contributed by atoms with Crippen LogP contribution in [-0.4, -0.2) is 66.8 Å². The third-order valence-corrected chi connectivity index (χ3v) is 7.69. The second-order valence-electron chi connectivity index (χ2n) is 7.39. The van der Waals surface area contributed by atoms with E-state index < -0.39 is 15.8 Å². The van der Waals surface area contributed by atoms with Gasteiger partial charge in [0.25, 0.3) is 0 Å². The smallest absolute Gasteiger partial charge is 0.320 e. The van der Waals surface area contributed by atoms with Crippen LogP contribution in [0.5, 0.6) is 0 Å². The molecule has 2 saturated heterocycles. The molecular formula is C18H24FN3O3S. The Balaban J connectivity index is 1.49. The summed E-state index contributed by atoms with van der Waals surface area (Å²) in [5.41, 5.74) is 0. The topological polar surface area (TPSA) is 60.9 Å². The average molecular weight is 381 g/mol. The highest BCUT2D eigenvalue weighted by Gasteiger charge is 2.45. The third-order valence-electron chi connectivity index (χ3n) is 5.81. The van der Waals surface area contributed by atoms with E-state index in [0.29, 0.717) is 25.7 Å². The van der Waals surface area contributed by atoms with E-state index >= 15 is 0 Å². The monoisotopic (exact) mass is 381 g/mol. The number of amides is 2. The average Bonchev–Trinajstić information content (AvgIpc) is 2.99. The van der Waals surface area contributed by atoms with Gasteiger partial charge >= 0.3 is 6.03 Å². The number of piperazine rings is 1. The molecule has 3 aliphatic rings. The SMILES string of the molecule is O=C1N(C2CCCCC2)C[C@H]2CN(S(=O)(=O)c3ccc(F)cc3)CCN12. The van der Waals surface area contributed by atoms with Gasteiger partial charge in [-0.3, -0.25) is 0 Å². The van der Waals surface area contributed by atoms with E-state index in [2.05, 4.69) is 0 Å². The van der Waals surface area contributed by atoms with E-state index in [1.54, 1.807) is 0 Å². The van der Waals surface area contributed by atoms with Crippen molar-refractivity contribution in [3.8, 4) is 0 Å². The van der Waals surface area contributed by atoms with Crippen molar-refractivity contribution < 1.29 is 17.6 Å². The molecule has 6 nitrogen and oxygen atoms in total. The Morgan fingerprint density at radius 3 is 2.27 bits per heavy atom. The summed E-state index contributed by atoms with van der Waals surface area (Å²) in [7, 11) is -3.67. The number of fused-ring (bicyclic) bond motifs is 1. The maximum Gasteiger partial charge on any atom is 0.320 e. The second-order valence-corrected chi connectivity index (χ2v) is 9.33. The Hall–Kier alpha value is -1.67. The van der Waals surface area contributed by atoms with E-state index in [1.165, 1.54) is 22.9 Å². The number of urea groups is 1. The van der Waals surface area contributed by atoms with Crippen LogP contribution in [0.1, 0.15) is 32.1 Å². The molecule has 26 heavy (non-hydrogen) atoms. The van der Waals surface area contributed by atoms with Crippen LogP contribution in [0.15, 0.2) is 29.2 Å². The van der Waals surface area contributed by atoms with Gasteiger partial charge in [0.1, 0.15) is 5.82 Å². The van der Waals surface area contributed by atoms with Gasteiger partial charge < -0.3 is 9.80 Å². The minimum atomic E-state index is -3.67. The van der Waals surface area contributed by atoms with Crippen molar-refractivity contribution in [1.82, 2.24) is 14.1 Å². The predicted molar refractivity (Wildman–Crippen MR) is 94.6 cm³/mol. The molecule has 1 aromatic rings. The maximum absolute atomic E-state index is 13.1. The Kier molecular flexibility index (Phi) is 4.64. The predicted octanol–water partition coefficient (Wildman–Crippen LogP) is 2.27. The van der Waals surface area contributed by atoms with Gasteiger partial charge in [0.05, 0.1) is 10.9 Å². The first kappa shape index (κ1) is 17.7. The third kappa shape index (κ3) is 3.09. The van der Waals surface area contributed by atoms with Gasteiger partial charge in [-0.15, -0.1) is 0 Å². The largest absolute Gasteiger partial charge is 0.320 e. The molecule has 0 aromatic heterocycles. The van der Waals surface area contributed by atoms with Gasteiger partial charge in [-0.2, -0.15) is 4.31 Å². The fourth-order valence-corrected chi connectivity index (χ4v) is 5.85. The molecule has 2 heterocycles. The summed E-state index contributed by atoms with van der Waals surface area (Å²) in [6.45, 7) is 1.58. The van der Waals surface area contributed by atoms with Crippen LogP contribution < -0.4 is 0 Å². The van der Waals surface area contributed by atoms with Gasteiger partial charge in [-0.1, -0.05) is 19.3 Å². The van der Waals surface area contributed by atoms with Crippen LogP contribution in [0.3, 0.4) is 0 Å². The van der Waals surface area contributed by atoms with Crippen molar-refractivity contribution >= 4 is 16.1 Å². The standard InChI is InChI=1S/C18H24FN3O3S/c19-14-6-8-17(9-7-14)26(24,25)20-10-11-21-16(12-20)13-22(18(21)23)15-4-2-1-3-5-15/h6-9,15-16H,1-5,10-13H2/t16-/m1/s1. The van der Waals surface area contributed by atoms with Crippen molar-refractivity contribution in [2.24, 2.45) is 0 Å². The fraction of sp³-hybridized carbons (Fsp3) is 0.611. The first-order valence-electron chi connectivity index (χ1n) is 9.30. The summed E-state index contributed by atoms with van der Waals surface area (Å²) in [6, 6.07) is 5.16. The van der Waals surface area contributed by atoms with E-state index in [9.17, 15) is 17.6 Å². The first-order chi connectivity index (χ1) is 12.5. The highest BCUT2D eigenvalue weighted by molar-refractivity contribution is 7.89. The van der Waals surface area contributed by atoms with Crippen LogP contribution in [-0.2, 0) is 10.0 Å². The number of hydrogen-bond donors (Lipinski definition) is 0. The number of halogens is 1. The van der Waals surface area contributed by atoms with Crippen LogP contribution in [0, 0.1) is 5.82 Å². The van der Waals surface area contributed by atoms with E-state index in [4.69, 9.17) is 0 Å². The van der Waals surface area contributed by atoms with Gasteiger partial charge in [-0.05, 0) is 37.1 Å². The molecule has 0 N–H and O–H groups in total. The lowest BCUT2D eigenvalue weighted by Gasteiger charge is -2.35. The maximum atomic E-state index is 13.1. The lowest BCUT2D eigenvalue weighted by Crippen LogP contribution is -2.53. The molecule has 2 aliphatic heterocycles. The zero-order valence-corrected chi connectivity index (χ0v) is 15.5. The Morgan fingerprint density at radius 1 is 0.885 bits per heavy atom. The lowest BCUT2D eigenvalue weighted by molar-refractivity contribution is 0.151. The number of hydrogen-bond acceptors (Lipinski definition) is 3. The minimum absolute atomic E-state index is 0.0562. The zero-order valence-electron chi connectivity index (χ0n) is 14.7. The normalized spacial score (nSPS) is 25.6. The molecule has 1 aromatic carbocycles. The molecule has 1 atom stereocenters. The van der Waals surface area contributed by atoms with Gasteiger partial charge in [0, 0.05) is 32.2 Å². The lowest BCUT2D eigenvalue weighted by atomic mass is 9.94. The highest BCUT2D eigenvalue weighted by atomic mass is 32.2. The molecule has 0 spiro atoms. The number of rotatable bonds is 3. The molecule has 1 saturated carbocycles. The number of nitrogens with zero attached hydrogens (tertiary/aromatic N) is 3. The summed E-state index contributed by atoms with van der Waals surface area (Å²) in [4.78, 5) is 16.6. The summed E-state index contributed by atoms with van der Waals surface area (Å²) < 4.78 is 40.2. The van der Waals surface area contributed by atoms with Crippen molar-refractivity contribution in [2.75, 3.05) is 26.2 Å². The number of carbonyl (C=O) groups excluding carboxylic acids is 1. The fourth-order valence-electron chi connectivity index (χ4n) is 4.38. The summed E-state index contributed by atoms with van der Waals surface area (Å²) in [5.74, 6) is -0.460. The van der Waals surface area contributed by atoms with E-state index in [-0.39, 0.29) is 23.5 Å². The van der Waals surface area contributed by atoms with Gasteiger partial charge in [0.15, 0.2) is 0 Å². The molecule has 0 radical (unpaired) electrons. The molecule has 0 unspecified atom stereocenters. The molecular weight excluding hydrogens is 357 g/mol. The molecule has 142 valence electrons. The minimum Gasteiger partial charge on any atom is -0.320 e. The molecule has 4 rings (SSSR count). The molecule has 2 amide bonds. The molecule has 8 heteroatoms. The molecule has 1 aliphatic carbocycles. The summed E-state index contributed by atoms with van der Waals surface area (Å²) in [5, 5.41) is 0. The highest BCUT2D eigenvalue weighted by Crippen LogP contribution is 2.30. The number of carbonyl (C=O) groups is 1. The Labute approximate surface area is 153 Å².